The van der Waals surface area contributed by atoms with Crippen LogP contribution in [0.4, 0.5) is 4.39 Å². The topological polar surface area (TPSA) is 33.5 Å². The van der Waals surface area contributed by atoms with E-state index in [0.29, 0.717) is 6.54 Å². The molecular formula is C16H16FNO2. The molecular weight excluding hydrogens is 257 g/mol. The molecule has 0 aliphatic heterocycles. The molecule has 20 heavy (non-hydrogen) atoms. The van der Waals surface area contributed by atoms with Crippen molar-refractivity contribution in [1.29, 1.82) is 0 Å². The van der Waals surface area contributed by atoms with Crippen LogP contribution in [0.5, 0.6) is 0 Å². The molecule has 0 atom stereocenters. The van der Waals surface area contributed by atoms with Gasteiger partial charge in [0, 0.05) is 6.04 Å². The molecule has 0 radical (unpaired) electrons. The number of carbonyl (C=O) groups excluding carboxylic acids is 1. The van der Waals surface area contributed by atoms with E-state index in [4.69, 9.17) is 4.42 Å². The molecule has 1 aliphatic carbocycles. The van der Waals surface area contributed by atoms with E-state index in [2.05, 4.69) is 0 Å². The predicted molar refractivity (Wildman–Crippen MR) is 72.7 cm³/mol. The lowest BCUT2D eigenvalue weighted by atomic mass is 10.1. The zero-order chi connectivity index (χ0) is 14.1. The van der Waals surface area contributed by atoms with Crippen LogP contribution in [-0.4, -0.2) is 16.8 Å². The van der Waals surface area contributed by atoms with Gasteiger partial charge in [-0.3, -0.25) is 4.79 Å². The number of hydrogen-bond acceptors (Lipinski definition) is 2. The van der Waals surface area contributed by atoms with Crippen molar-refractivity contribution in [2.45, 2.75) is 32.4 Å². The lowest BCUT2D eigenvalue weighted by Gasteiger charge is -2.21. The molecule has 0 N–H and O–H groups in total. The minimum absolute atomic E-state index is 0.142. The highest BCUT2D eigenvalue weighted by Crippen LogP contribution is 2.30. The van der Waals surface area contributed by atoms with Crippen LogP contribution in [0.3, 0.4) is 0 Å². The van der Waals surface area contributed by atoms with Gasteiger partial charge in [0.2, 0.25) is 0 Å². The van der Waals surface area contributed by atoms with Crippen LogP contribution in [0.2, 0.25) is 0 Å². The Morgan fingerprint density at radius 3 is 2.85 bits per heavy atom. The molecule has 1 heterocycles. The van der Waals surface area contributed by atoms with Gasteiger partial charge in [-0.05, 0) is 44.0 Å². The van der Waals surface area contributed by atoms with Gasteiger partial charge in [-0.25, -0.2) is 4.39 Å². The minimum atomic E-state index is -0.467. The summed E-state index contributed by atoms with van der Waals surface area (Å²) in [6.45, 7) is 2.24. The summed E-state index contributed by atoms with van der Waals surface area (Å²) in [5.74, 6) is -0.00546. The first-order valence-corrected chi connectivity index (χ1v) is 6.74. The van der Waals surface area contributed by atoms with Crippen LogP contribution in [0.15, 0.2) is 41.0 Å². The maximum atomic E-state index is 13.9. The highest BCUT2D eigenvalue weighted by molar-refractivity contribution is 5.95. The summed E-state index contributed by atoms with van der Waals surface area (Å²) in [5.41, 5.74) is 1.02. The minimum Gasteiger partial charge on any atom is -0.467 e. The van der Waals surface area contributed by atoms with Crippen molar-refractivity contribution in [2.24, 2.45) is 0 Å². The van der Waals surface area contributed by atoms with Crippen molar-refractivity contribution >= 4 is 5.91 Å². The van der Waals surface area contributed by atoms with E-state index in [9.17, 15) is 9.18 Å². The SMILES string of the molecule is Cc1ccc(F)c(C(=O)N(Cc2ccco2)C2CC2)c1. The van der Waals surface area contributed by atoms with Crippen LogP contribution in [0.25, 0.3) is 0 Å². The van der Waals surface area contributed by atoms with Crippen LogP contribution in [-0.2, 0) is 6.54 Å². The predicted octanol–water partition coefficient (Wildman–Crippen LogP) is 3.53. The molecule has 1 aromatic carbocycles. The van der Waals surface area contributed by atoms with Gasteiger partial charge in [-0.15, -0.1) is 0 Å². The van der Waals surface area contributed by atoms with Gasteiger partial charge < -0.3 is 9.32 Å². The van der Waals surface area contributed by atoms with E-state index in [1.807, 2.05) is 13.0 Å². The lowest BCUT2D eigenvalue weighted by molar-refractivity contribution is 0.0712. The van der Waals surface area contributed by atoms with Gasteiger partial charge >= 0.3 is 0 Å². The average molecular weight is 273 g/mol. The number of halogens is 1. The van der Waals surface area contributed by atoms with Crippen LogP contribution in [0.1, 0.15) is 34.5 Å². The fraction of sp³-hybridized carbons (Fsp3) is 0.312. The molecule has 1 fully saturated rings. The summed E-state index contributed by atoms with van der Waals surface area (Å²) in [5, 5.41) is 0. The number of nitrogens with zero attached hydrogens (tertiary/aromatic N) is 1. The molecule has 3 rings (SSSR count). The van der Waals surface area contributed by atoms with Crippen LogP contribution < -0.4 is 0 Å². The Balaban J connectivity index is 1.87. The highest BCUT2D eigenvalue weighted by Gasteiger charge is 2.34. The van der Waals surface area contributed by atoms with Gasteiger partial charge in [0.1, 0.15) is 11.6 Å². The summed E-state index contributed by atoms with van der Waals surface area (Å²) in [4.78, 5) is 14.3. The van der Waals surface area contributed by atoms with Crippen LogP contribution in [0, 0.1) is 12.7 Å². The molecule has 0 bridgehead atoms. The molecule has 0 unspecified atom stereocenters. The smallest absolute Gasteiger partial charge is 0.257 e. The lowest BCUT2D eigenvalue weighted by Crippen LogP contribution is -2.33. The van der Waals surface area contributed by atoms with Crippen molar-refractivity contribution in [3.63, 3.8) is 0 Å². The van der Waals surface area contributed by atoms with Crippen LogP contribution >= 0.6 is 0 Å². The molecule has 4 heteroatoms. The first kappa shape index (κ1) is 12.9. The maximum absolute atomic E-state index is 13.9. The number of carbonyl (C=O) groups is 1. The van der Waals surface area contributed by atoms with Gasteiger partial charge in [0.15, 0.2) is 0 Å². The van der Waals surface area contributed by atoms with Gasteiger partial charge in [-0.2, -0.15) is 0 Å². The largest absolute Gasteiger partial charge is 0.467 e. The van der Waals surface area contributed by atoms with Crippen molar-refractivity contribution in [3.05, 3.63) is 59.3 Å². The Morgan fingerprint density at radius 1 is 1.40 bits per heavy atom. The standard InChI is InChI=1S/C16H16FNO2/c1-11-4-7-15(17)14(9-11)16(19)18(12-5-6-12)10-13-3-2-8-20-13/h2-4,7-9,12H,5-6,10H2,1H3. The zero-order valence-electron chi connectivity index (χ0n) is 11.3. The number of rotatable bonds is 4. The average Bonchev–Trinajstić information content (AvgIpc) is 3.15. The van der Waals surface area contributed by atoms with Crippen molar-refractivity contribution in [2.75, 3.05) is 0 Å². The fourth-order valence-electron chi connectivity index (χ4n) is 2.28. The Morgan fingerprint density at radius 2 is 2.20 bits per heavy atom. The Bertz CT molecular complexity index is 617. The summed E-state index contributed by atoms with van der Waals surface area (Å²) >= 11 is 0. The van der Waals surface area contributed by atoms with E-state index in [1.54, 1.807) is 29.4 Å². The zero-order valence-corrected chi connectivity index (χ0v) is 11.3. The van der Waals surface area contributed by atoms with Crippen molar-refractivity contribution in [1.82, 2.24) is 4.90 Å². The number of hydrogen-bond donors (Lipinski definition) is 0. The maximum Gasteiger partial charge on any atom is 0.257 e. The van der Waals surface area contributed by atoms with E-state index in [1.165, 1.54) is 6.07 Å². The summed E-state index contributed by atoms with van der Waals surface area (Å²) < 4.78 is 19.2. The molecule has 1 saturated carbocycles. The molecule has 0 saturated heterocycles. The van der Waals surface area contributed by atoms with Gasteiger partial charge in [0.25, 0.3) is 5.91 Å². The monoisotopic (exact) mass is 273 g/mol. The Labute approximate surface area is 117 Å². The first-order chi connectivity index (χ1) is 9.65. The van der Waals surface area contributed by atoms with Crippen molar-refractivity contribution in [3.8, 4) is 0 Å². The second-order valence-electron chi connectivity index (χ2n) is 5.23. The number of furan rings is 1. The van der Waals surface area contributed by atoms with Crippen molar-refractivity contribution < 1.29 is 13.6 Å². The Kier molecular flexibility index (Phi) is 3.30. The van der Waals surface area contributed by atoms with E-state index in [0.717, 1.165) is 24.2 Å². The third-order valence-electron chi connectivity index (χ3n) is 3.51. The van der Waals surface area contributed by atoms with Gasteiger partial charge in [-0.1, -0.05) is 11.6 Å². The second-order valence-corrected chi connectivity index (χ2v) is 5.23. The van der Waals surface area contributed by atoms with E-state index < -0.39 is 5.82 Å². The summed E-state index contributed by atoms with van der Waals surface area (Å²) in [6.07, 6.45) is 3.53. The molecule has 104 valence electrons. The second kappa shape index (κ2) is 5.12. The molecule has 2 aromatic rings. The normalized spacial score (nSPS) is 14.3. The number of amides is 1. The third kappa shape index (κ3) is 2.59. The quantitative estimate of drug-likeness (QED) is 0.853. The number of aryl methyl sites for hydroxylation is 1. The summed E-state index contributed by atoms with van der Waals surface area (Å²) in [6, 6.07) is 8.44. The third-order valence-corrected chi connectivity index (χ3v) is 3.51. The molecule has 0 spiro atoms. The van der Waals surface area contributed by atoms with Gasteiger partial charge in [0.05, 0.1) is 18.4 Å². The Hall–Kier alpha value is -2.10. The molecule has 1 aliphatic rings. The molecule has 1 amide bonds. The van der Waals surface area contributed by atoms with E-state index in [-0.39, 0.29) is 17.5 Å². The highest BCUT2D eigenvalue weighted by atomic mass is 19.1. The fourth-order valence-corrected chi connectivity index (χ4v) is 2.28. The molecule has 3 nitrogen and oxygen atoms in total. The molecule has 1 aromatic heterocycles. The summed E-state index contributed by atoms with van der Waals surface area (Å²) in [7, 11) is 0. The first-order valence-electron chi connectivity index (χ1n) is 6.74. The number of benzene rings is 1. The van der Waals surface area contributed by atoms with E-state index >= 15 is 0 Å².